The SMILES string of the molecule is COc1ccc(NC(=O)Nc2cccc3c2O[C@@H](CN(C)Cc2ccc4c(c2)OCO4)[C@@H](C)CN([C@H](C)CO)C3=O)cc1. The molecule has 5 rings (SSSR count). The van der Waals surface area contributed by atoms with Crippen LogP contribution in [-0.4, -0.2) is 79.6 Å². The maximum atomic E-state index is 13.8. The molecule has 3 aromatic rings. The summed E-state index contributed by atoms with van der Waals surface area (Å²) >= 11 is 0. The predicted molar refractivity (Wildman–Crippen MR) is 162 cm³/mol. The highest BCUT2D eigenvalue weighted by atomic mass is 16.7. The number of para-hydroxylation sites is 1. The third kappa shape index (κ3) is 6.95. The molecular formula is C32H38N4O7. The van der Waals surface area contributed by atoms with Crippen molar-refractivity contribution in [1.82, 2.24) is 9.80 Å². The van der Waals surface area contributed by atoms with Crippen LogP contribution >= 0.6 is 0 Å². The van der Waals surface area contributed by atoms with Gasteiger partial charge in [-0.3, -0.25) is 9.69 Å². The molecule has 3 N–H and O–H groups in total. The minimum Gasteiger partial charge on any atom is -0.497 e. The molecule has 0 aromatic heterocycles. The molecule has 2 aliphatic heterocycles. The van der Waals surface area contributed by atoms with Crippen molar-refractivity contribution >= 4 is 23.3 Å². The Labute approximate surface area is 251 Å². The summed E-state index contributed by atoms with van der Waals surface area (Å²) in [4.78, 5) is 30.6. The van der Waals surface area contributed by atoms with E-state index in [0.717, 1.165) is 17.1 Å². The Morgan fingerprint density at radius 3 is 2.63 bits per heavy atom. The number of likely N-dealkylation sites (N-methyl/N-ethyl adjacent to an activating group) is 1. The highest BCUT2D eigenvalue weighted by Gasteiger charge is 2.34. The number of nitrogens with zero attached hydrogens (tertiary/aromatic N) is 2. The Balaban J connectivity index is 1.39. The van der Waals surface area contributed by atoms with E-state index in [0.29, 0.717) is 48.1 Å². The number of benzene rings is 3. The Kier molecular flexibility index (Phi) is 9.22. The van der Waals surface area contributed by atoms with E-state index in [9.17, 15) is 14.7 Å². The van der Waals surface area contributed by atoms with Crippen molar-refractivity contribution in [2.24, 2.45) is 5.92 Å². The molecule has 43 heavy (non-hydrogen) atoms. The minimum absolute atomic E-state index is 0.0912. The fourth-order valence-corrected chi connectivity index (χ4v) is 5.24. The molecule has 0 radical (unpaired) electrons. The molecule has 11 nitrogen and oxygen atoms in total. The first kappa shape index (κ1) is 30.0. The van der Waals surface area contributed by atoms with Gasteiger partial charge in [-0.05, 0) is 68.1 Å². The van der Waals surface area contributed by atoms with Gasteiger partial charge in [-0.25, -0.2) is 4.79 Å². The van der Waals surface area contributed by atoms with Crippen molar-refractivity contribution in [3.63, 3.8) is 0 Å². The highest BCUT2D eigenvalue weighted by Crippen LogP contribution is 2.36. The standard InChI is InChI=1S/C32H38N4O7/c1-20-15-36(21(2)18-37)31(38)25-6-5-7-26(34-32(39)33-23-9-11-24(40-4)12-10-23)30(25)43-29(20)17-35(3)16-22-8-13-27-28(14-22)42-19-41-27/h5-14,20-21,29,37H,15-19H2,1-4H3,(H2,33,34,39)/t20-,21+,29-/m0/s1. The molecule has 3 atom stereocenters. The van der Waals surface area contributed by atoms with Crippen molar-refractivity contribution in [1.29, 1.82) is 0 Å². The van der Waals surface area contributed by atoms with Crippen LogP contribution in [0.3, 0.4) is 0 Å². The van der Waals surface area contributed by atoms with Crippen molar-refractivity contribution < 1.29 is 33.6 Å². The average molecular weight is 591 g/mol. The number of nitrogens with one attached hydrogen (secondary N) is 2. The summed E-state index contributed by atoms with van der Waals surface area (Å²) in [5.41, 5.74) is 2.33. The Morgan fingerprint density at radius 1 is 1.12 bits per heavy atom. The molecule has 2 aliphatic rings. The van der Waals surface area contributed by atoms with Crippen LogP contribution in [0, 0.1) is 5.92 Å². The third-order valence-corrected chi connectivity index (χ3v) is 7.67. The van der Waals surface area contributed by atoms with Crippen molar-refractivity contribution in [3.8, 4) is 23.0 Å². The second-order valence-corrected chi connectivity index (χ2v) is 11.0. The second kappa shape index (κ2) is 13.2. The number of methoxy groups -OCH3 is 1. The Bertz CT molecular complexity index is 1450. The first-order valence-corrected chi connectivity index (χ1v) is 14.3. The molecule has 0 unspecified atom stereocenters. The summed E-state index contributed by atoms with van der Waals surface area (Å²) in [7, 11) is 3.58. The van der Waals surface area contributed by atoms with Crippen LogP contribution in [0.25, 0.3) is 0 Å². The molecule has 2 heterocycles. The average Bonchev–Trinajstić information content (AvgIpc) is 3.47. The highest BCUT2D eigenvalue weighted by molar-refractivity contribution is 6.04. The Hall–Kier alpha value is -4.48. The number of carbonyl (C=O) groups excluding carboxylic acids is 2. The number of anilines is 2. The van der Waals surface area contributed by atoms with Crippen LogP contribution in [0.2, 0.25) is 0 Å². The van der Waals surface area contributed by atoms with Gasteiger partial charge in [0.15, 0.2) is 17.2 Å². The van der Waals surface area contributed by atoms with Gasteiger partial charge >= 0.3 is 6.03 Å². The van der Waals surface area contributed by atoms with E-state index < -0.39 is 12.1 Å². The number of ether oxygens (including phenoxy) is 4. The number of aliphatic hydroxyl groups is 1. The summed E-state index contributed by atoms with van der Waals surface area (Å²) in [6.45, 7) is 5.47. The maximum absolute atomic E-state index is 13.8. The number of rotatable bonds is 9. The zero-order valence-electron chi connectivity index (χ0n) is 24.8. The third-order valence-electron chi connectivity index (χ3n) is 7.67. The van der Waals surface area contributed by atoms with Gasteiger partial charge < -0.3 is 39.6 Å². The van der Waals surface area contributed by atoms with Gasteiger partial charge in [-0.2, -0.15) is 0 Å². The number of fused-ring (bicyclic) bond motifs is 2. The van der Waals surface area contributed by atoms with E-state index in [1.165, 1.54) is 0 Å². The van der Waals surface area contributed by atoms with Crippen molar-refractivity contribution in [2.45, 2.75) is 32.5 Å². The number of amides is 3. The number of hydrogen-bond acceptors (Lipinski definition) is 8. The number of carbonyl (C=O) groups is 2. The van der Waals surface area contributed by atoms with Crippen LogP contribution in [0.4, 0.5) is 16.2 Å². The molecule has 11 heteroatoms. The summed E-state index contributed by atoms with van der Waals surface area (Å²) in [5.74, 6) is 2.07. The largest absolute Gasteiger partial charge is 0.497 e. The lowest BCUT2D eigenvalue weighted by atomic mass is 9.99. The smallest absolute Gasteiger partial charge is 0.323 e. The normalized spacial score (nSPS) is 18.3. The number of hydrogen-bond donors (Lipinski definition) is 3. The molecule has 3 aromatic carbocycles. The quantitative estimate of drug-likeness (QED) is 0.335. The summed E-state index contributed by atoms with van der Waals surface area (Å²) < 4.78 is 22.8. The molecule has 0 saturated carbocycles. The van der Waals surface area contributed by atoms with Gasteiger partial charge in [0.2, 0.25) is 6.79 Å². The molecule has 0 saturated heterocycles. The van der Waals surface area contributed by atoms with Crippen LogP contribution in [-0.2, 0) is 6.54 Å². The molecule has 0 bridgehead atoms. The molecule has 3 amide bonds. The van der Waals surface area contributed by atoms with Gasteiger partial charge in [0.05, 0.1) is 31.0 Å². The maximum Gasteiger partial charge on any atom is 0.323 e. The van der Waals surface area contributed by atoms with Gasteiger partial charge in [-0.1, -0.05) is 19.1 Å². The van der Waals surface area contributed by atoms with Gasteiger partial charge in [0.1, 0.15) is 11.9 Å². The molecule has 228 valence electrons. The summed E-state index contributed by atoms with van der Waals surface area (Å²) in [6, 6.07) is 17.1. The lowest BCUT2D eigenvalue weighted by Gasteiger charge is -2.38. The van der Waals surface area contributed by atoms with Crippen LogP contribution in [0.1, 0.15) is 29.8 Å². The van der Waals surface area contributed by atoms with Crippen LogP contribution in [0.15, 0.2) is 60.7 Å². The molecule has 0 aliphatic carbocycles. The van der Waals surface area contributed by atoms with E-state index in [1.54, 1.807) is 54.5 Å². The molecular weight excluding hydrogens is 552 g/mol. The van der Waals surface area contributed by atoms with E-state index in [2.05, 4.69) is 15.5 Å². The Morgan fingerprint density at radius 2 is 1.88 bits per heavy atom. The first-order chi connectivity index (χ1) is 20.7. The van der Waals surface area contributed by atoms with Crippen molar-refractivity contribution in [2.75, 3.05) is 51.3 Å². The van der Waals surface area contributed by atoms with E-state index in [-0.39, 0.29) is 31.3 Å². The summed E-state index contributed by atoms with van der Waals surface area (Å²) in [5, 5.41) is 15.6. The van der Waals surface area contributed by atoms with Crippen LogP contribution in [0.5, 0.6) is 23.0 Å². The fourth-order valence-electron chi connectivity index (χ4n) is 5.24. The lowest BCUT2D eigenvalue weighted by Crippen LogP contribution is -2.49. The van der Waals surface area contributed by atoms with Crippen LogP contribution < -0.4 is 29.6 Å². The van der Waals surface area contributed by atoms with Gasteiger partial charge in [0.25, 0.3) is 5.91 Å². The minimum atomic E-state index is -0.484. The second-order valence-electron chi connectivity index (χ2n) is 11.0. The molecule has 0 fully saturated rings. The zero-order valence-corrected chi connectivity index (χ0v) is 24.8. The topological polar surface area (TPSA) is 122 Å². The van der Waals surface area contributed by atoms with Crippen molar-refractivity contribution in [3.05, 3.63) is 71.8 Å². The summed E-state index contributed by atoms with van der Waals surface area (Å²) in [6.07, 6.45) is -0.341. The van der Waals surface area contributed by atoms with E-state index in [1.807, 2.05) is 39.1 Å². The monoisotopic (exact) mass is 590 g/mol. The number of aliphatic hydroxyl groups excluding tert-OH is 1. The van der Waals surface area contributed by atoms with E-state index in [4.69, 9.17) is 18.9 Å². The predicted octanol–water partition coefficient (Wildman–Crippen LogP) is 4.42. The van der Waals surface area contributed by atoms with Gasteiger partial charge in [0, 0.05) is 31.2 Å². The lowest BCUT2D eigenvalue weighted by molar-refractivity contribution is 0.0343. The van der Waals surface area contributed by atoms with Gasteiger partial charge in [-0.15, -0.1) is 0 Å². The fraction of sp³-hybridized carbons (Fsp3) is 0.375. The number of urea groups is 1. The first-order valence-electron chi connectivity index (χ1n) is 14.3. The van der Waals surface area contributed by atoms with E-state index >= 15 is 0 Å². The zero-order chi connectivity index (χ0) is 30.5. The molecule has 0 spiro atoms.